The van der Waals surface area contributed by atoms with Crippen molar-refractivity contribution < 1.29 is 4.79 Å². The molecule has 1 aliphatic carbocycles. The maximum atomic E-state index is 12.5. The van der Waals surface area contributed by atoms with Crippen LogP contribution in [-0.2, 0) is 11.3 Å². The number of nitrogens with one attached hydrogen (secondary N) is 1. The molecule has 1 unspecified atom stereocenters. The Labute approximate surface area is 148 Å². The van der Waals surface area contributed by atoms with E-state index in [0.29, 0.717) is 0 Å². The van der Waals surface area contributed by atoms with Crippen LogP contribution in [0.25, 0.3) is 11.0 Å². The lowest BCUT2D eigenvalue weighted by molar-refractivity contribution is -0.122. The normalized spacial score (nSPS) is 22.0. The van der Waals surface area contributed by atoms with Gasteiger partial charge >= 0.3 is 0 Å². The van der Waals surface area contributed by atoms with Crippen molar-refractivity contribution in [1.29, 1.82) is 0 Å². The summed E-state index contributed by atoms with van der Waals surface area (Å²) in [5, 5.41) is 8.67. The van der Waals surface area contributed by atoms with E-state index in [1.54, 1.807) is 10.9 Å². The third kappa shape index (κ3) is 3.68. The van der Waals surface area contributed by atoms with Crippen LogP contribution in [0.4, 0.5) is 0 Å². The molecular formula is C19H27N5O. The number of aryl methyl sites for hydroxylation is 1. The molecule has 0 radical (unpaired) electrons. The summed E-state index contributed by atoms with van der Waals surface area (Å²) in [5.74, 6) is 0.904. The van der Waals surface area contributed by atoms with Gasteiger partial charge in [-0.3, -0.25) is 4.79 Å². The highest BCUT2D eigenvalue weighted by Crippen LogP contribution is 2.26. The molecule has 6 nitrogen and oxygen atoms in total. The van der Waals surface area contributed by atoms with E-state index in [0.717, 1.165) is 42.2 Å². The molecule has 1 N–H and O–H groups in total. The molecule has 1 amide bonds. The first-order valence-electron chi connectivity index (χ1n) is 9.49. The van der Waals surface area contributed by atoms with Crippen molar-refractivity contribution >= 4 is 16.9 Å². The van der Waals surface area contributed by atoms with Crippen molar-refractivity contribution in [3.8, 4) is 0 Å². The molecule has 2 fully saturated rings. The van der Waals surface area contributed by atoms with Crippen LogP contribution in [0.5, 0.6) is 0 Å². The van der Waals surface area contributed by atoms with E-state index in [9.17, 15) is 4.79 Å². The number of amides is 1. The van der Waals surface area contributed by atoms with Crippen molar-refractivity contribution in [2.24, 2.45) is 5.92 Å². The van der Waals surface area contributed by atoms with E-state index in [1.165, 1.54) is 32.2 Å². The lowest BCUT2D eigenvalue weighted by atomic mass is 10.1. The molecule has 1 saturated carbocycles. The van der Waals surface area contributed by atoms with Gasteiger partial charge in [0.05, 0.1) is 5.69 Å². The van der Waals surface area contributed by atoms with Gasteiger partial charge in [-0.1, -0.05) is 12.8 Å². The zero-order valence-electron chi connectivity index (χ0n) is 14.9. The second-order valence-corrected chi connectivity index (χ2v) is 7.58. The number of likely N-dealkylation sites (tertiary alicyclic amines) is 1. The zero-order valence-corrected chi connectivity index (χ0v) is 14.9. The minimum absolute atomic E-state index is 0.0303. The number of fused-ring (bicyclic) bond motifs is 1. The number of carbonyl (C=O) groups is 1. The number of hydrogen-bond acceptors (Lipinski definition) is 4. The maximum Gasteiger partial charge on any atom is 0.242 e. The molecule has 2 aromatic rings. The lowest BCUT2D eigenvalue weighted by Gasteiger charge is -2.20. The topological polar surface area (TPSA) is 63.1 Å². The van der Waals surface area contributed by atoms with Gasteiger partial charge in [0.2, 0.25) is 5.91 Å². The van der Waals surface area contributed by atoms with E-state index in [1.807, 2.05) is 19.1 Å². The molecule has 0 bridgehead atoms. The molecular weight excluding hydrogens is 314 g/mol. The van der Waals surface area contributed by atoms with Crippen LogP contribution in [0.2, 0.25) is 0 Å². The van der Waals surface area contributed by atoms with E-state index >= 15 is 0 Å². The number of nitrogens with zero attached hydrogens (tertiary/aromatic N) is 4. The SMILES string of the molecule is Cc1nn(CC(=O)NC2CCN(CC3CCCC3)C2)c2ncccc12. The highest BCUT2D eigenvalue weighted by atomic mass is 16.2. The fourth-order valence-corrected chi connectivity index (χ4v) is 4.36. The first kappa shape index (κ1) is 16.5. The van der Waals surface area contributed by atoms with Gasteiger partial charge < -0.3 is 10.2 Å². The van der Waals surface area contributed by atoms with Gasteiger partial charge in [-0.05, 0) is 44.2 Å². The second kappa shape index (κ2) is 7.12. The van der Waals surface area contributed by atoms with Crippen LogP contribution in [-0.4, -0.2) is 51.2 Å². The molecule has 2 aromatic heterocycles. The van der Waals surface area contributed by atoms with Gasteiger partial charge in [-0.2, -0.15) is 5.10 Å². The van der Waals surface area contributed by atoms with Crippen molar-refractivity contribution in [1.82, 2.24) is 25.0 Å². The predicted molar refractivity (Wildman–Crippen MR) is 97.2 cm³/mol. The standard InChI is InChI=1S/C19H27N5O/c1-14-17-7-4-9-20-19(17)24(22-14)13-18(25)21-16-8-10-23(12-16)11-15-5-2-3-6-15/h4,7,9,15-16H,2-3,5-6,8,10-13H2,1H3,(H,21,25). The fraction of sp³-hybridized carbons (Fsp3) is 0.632. The van der Waals surface area contributed by atoms with Crippen molar-refractivity contribution in [3.63, 3.8) is 0 Å². The lowest BCUT2D eigenvalue weighted by Crippen LogP contribution is -2.39. The molecule has 1 aliphatic heterocycles. The summed E-state index contributed by atoms with van der Waals surface area (Å²) in [4.78, 5) is 19.3. The number of pyridine rings is 1. The second-order valence-electron chi connectivity index (χ2n) is 7.58. The predicted octanol–water partition coefficient (Wildman–Crippen LogP) is 2.12. The maximum absolute atomic E-state index is 12.5. The summed E-state index contributed by atoms with van der Waals surface area (Å²) < 4.78 is 1.71. The summed E-state index contributed by atoms with van der Waals surface area (Å²) in [6.45, 7) is 5.49. The largest absolute Gasteiger partial charge is 0.350 e. The van der Waals surface area contributed by atoms with Gasteiger partial charge in [-0.15, -0.1) is 0 Å². The molecule has 0 spiro atoms. The average molecular weight is 341 g/mol. The molecule has 6 heteroatoms. The Hall–Kier alpha value is -1.95. The zero-order chi connectivity index (χ0) is 17.2. The minimum atomic E-state index is 0.0303. The number of aromatic nitrogens is 3. The summed E-state index contributed by atoms with van der Waals surface area (Å²) in [6.07, 6.45) is 8.34. The Balaban J connectivity index is 1.31. The number of carbonyl (C=O) groups excluding carboxylic acids is 1. The van der Waals surface area contributed by atoms with Crippen LogP contribution in [0, 0.1) is 12.8 Å². The first-order chi connectivity index (χ1) is 12.2. The van der Waals surface area contributed by atoms with Gasteiger partial charge in [0, 0.05) is 37.3 Å². The number of hydrogen-bond donors (Lipinski definition) is 1. The van der Waals surface area contributed by atoms with Gasteiger partial charge in [0.1, 0.15) is 6.54 Å². The molecule has 4 rings (SSSR count). The van der Waals surface area contributed by atoms with Crippen LogP contribution in [0.1, 0.15) is 37.8 Å². The van der Waals surface area contributed by atoms with Crippen LogP contribution in [0.3, 0.4) is 0 Å². The molecule has 25 heavy (non-hydrogen) atoms. The summed E-state index contributed by atoms with van der Waals surface area (Å²) in [7, 11) is 0. The Bertz CT molecular complexity index is 749. The molecule has 1 atom stereocenters. The van der Waals surface area contributed by atoms with Crippen molar-refractivity contribution in [3.05, 3.63) is 24.0 Å². The fourth-order valence-electron chi connectivity index (χ4n) is 4.36. The Morgan fingerprint density at radius 2 is 2.16 bits per heavy atom. The molecule has 3 heterocycles. The quantitative estimate of drug-likeness (QED) is 0.905. The minimum Gasteiger partial charge on any atom is -0.350 e. The van der Waals surface area contributed by atoms with E-state index < -0.39 is 0 Å². The molecule has 1 saturated heterocycles. The van der Waals surface area contributed by atoms with Crippen LogP contribution in [0.15, 0.2) is 18.3 Å². The third-order valence-electron chi connectivity index (χ3n) is 5.61. The summed E-state index contributed by atoms with van der Waals surface area (Å²) in [5.41, 5.74) is 1.70. The first-order valence-corrected chi connectivity index (χ1v) is 9.49. The van der Waals surface area contributed by atoms with Crippen LogP contribution >= 0.6 is 0 Å². The van der Waals surface area contributed by atoms with E-state index in [2.05, 4.69) is 20.3 Å². The smallest absolute Gasteiger partial charge is 0.242 e. The third-order valence-corrected chi connectivity index (χ3v) is 5.61. The molecule has 2 aliphatic rings. The van der Waals surface area contributed by atoms with Gasteiger partial charge in [-0.25, -0.2) is 9.67 Å². The van der Waals surface area contributed by atoms with E-state index in [4.69, 9.17) is 0 Å². The van der Waals surface area contributed by atoms with Gasteiger partial charge in [0.25, 0.3) is 0 Å². The Kier molecular flexibility index (Phi) is 4.70. The Morgan fingerprint density at radius 3 is 3.00 bits per heavy atom. The molecule has 0 aromatic carbocycles. The molecule has 134 valence electrons. The highest BCUT2D eigenvalue weighted by Gasteiger charge is 2.27. The van der Waals surface area contributed by atoms with E-state index in [-0.39, 0.29) is 18.5 Å². The van der Waals surface area contributed by atoms with Gasteiger partial charge in [0.15, 0.2) is 5.65 Å². The van der Waals surface area contributed by atoms with Crippen molar-refractivity contribution in [2.45, 2.75) is 51.6 Å². The van der Waals surface area contributed by atoms with Crippen LogP contribution < -0.4 is 5.32 Å². The Morgan fingerprint density at radius 1 is 1.32 bits per heavy atom. The average Bonchev–Trinajstić information content (AvgIpc) is 3.32. The highest BCUT2D eigenvalue weighted by molar-refractivity contribution is 5.81. The summed E-state index contributed by atoms with van der Waals surface area (Å²) >= 11 is 0. The monoisotopic (exact) mass is 341 g/mol. The summed E-state index contributed by atoms with van der Waals surface area (Å²) in [6, 6.07) is 4.17. The van der Waals surface area contributed by atoms with Crippen molar-refractivity contribution in [2.75, 3.05) is 19.6 Å². The number of rotatable bonds is 5.